The smallest absolute Gasteiger partial charge is 0.321 e. The number of rotatable bonds is 4. The van der Waals surface area contributed by atoms with Crippen molar-refractivity contribution in [1.29, 1.82) is 0 Å². The summed E-state index contributed by atoms with van der Waals surface area (Å²) < 4.78 is 0. The molecular formula is C15H20ClN5O4. The second-order valence-electron chi connectivity index (χ2n) is 6.25. The average molecular weight is 370 g/mol. The van der Waals surface area contributed by atoms with Crippen molar-refractivity contribution in [3.8, 4) is 0 Å². The fraction of sp³-hybridized carbons (Fsp3) is 0.467. The van der Waals surface area contributed by atoms with Crippen LogP contribution < -0.4 is 11.1 Å². The molecule has 3 amide bonds. The van der Waals surface area contributed by atoms with Crippen molar-refractivity contribution in [2.45, 2.75) is 19.4 Å². The number of nitro groups is 1. The Bertz CT molecular complexity index is 701. The van der Waals surface area contributed by atoms with Gasteiger partial charge in [-0.2, -0.15) is 0 Å². The molecule has 136 valence electrons. The van der Waals surface area contributed by atoms with E-state index in [9.17, 15) is 19.7 Å². The molecule has 1 aromatic rings. The third-order valence-electron chi connectivity index (χ3n) is 4.37. The SMILES string of the molecule is CC(C)(C(N)=O)N1CCN(C(=O)Nc2ccc([N+](=O)[O-])cc2Cl)CC1. The molecule has 10 heteroatoms. The topological polar surface area (TPSA) is 122 Å². The minimum Gasteiger partial charge on any atom is -0.368 e. The van der Waals surface area contributed by atoms with Gasteiger partial charge in [-0.05, 0) is 19.9 Å². The molecule has 0 aromatic heterocycles. The van der Waals surface area contributed by atoms with Crippen LogP contribution >= 0.6 is 11.6 Å². The quantitative estimate of drug-likeness (QED) is 0.617. The molecule has 9 nitrogen and oxygen atoms in total. The van der Waals surface area contributed by atoms with E-state index < -0.39 is 16.4 Å². The Morgan fingerprint density at radius 1 is 1.28 bits per heavy atom. The molecule has 0 aliphatic carbocycles. The molecule has 1 aromatic carbocycles. The number of benzene rings is 1. The molecule has 1 aliphatic heterocycles. The number of piperazine rings is 1. The predicted molar refractivity (Wildman–Crippen MR) is 93.5 cm³/mol. The van der Waals surface area contributed by atoms with E-state index in [-0.39, 0.29) is 16.7 Å². The van der Waals surface area contributed by atoms with Crippen molar-refractivity contribution in [2.24, 2.45) is 5.73 Å². The number of amides is 3. The maximum Gasteiger partial charge on any atom is 0.321 e. The van der Waals surface area contributed by atoms with Crippen molar-refractivity contribution in [2.75, 3.05) is 31.5 Å². The summed E-state index contributed by atoms with van der Waals surface area (Å²) in [5.41, 5.74) is 4.79. The fourth-order valence-corrected chi connectivity index (χ4v) is 2.76. The number of hydrogen-bond donors (Lipinski definition) is 2. The number of carbonyl (C=O) groups is 2. The van der Waals surface area contributed by atoms with Gasteiger partial charge in [0.1, 0.15) is 0 Å². The number of urea groups is 1. The molecule has 0 atom stereocenters. The first kappa shape index (κ1) is 18.9. The Labute approximate surface area is 149 Å². The summed E-state index contributed by atoms with van der Waals surface area (Å²) in [4.78, 5) is 37.5. The number of nitrogens with zero attached hydrogens (tertiary/aromatic N) is 3. The fourth-order valence-electron chi connectivity index (χ4n) is 2.54. The van der Waals surface area contributed by atoms with Gasteiger partial charge in [0.2, 0.25) is 5.91 Å². The molecule has 1 aliphatic rings. The summed E-state index contributed by atoms with van der Waals surface area (Å²) >= 11 is 5.98. The summed E-state index contributed by atoms with van der Waals surface area (Å²) in [7, 11) is 0. The van der Waals surface area contributed by atoms with Crippen LogP contribution in [0.1, 0.15) is 13.8 Å². The first-order valence-corrected chi connectivity index (χ1v) is 8.05. The Hall–Kier alpha value is -2.39. The Morgan fingerprint density at radius 3 is 2.36 bits per heavy atom. The molecule has 0 saturated carbocycles. The zero-order valence-electron chi connectivity index (χ0n) is 14.0. The number of hydrogen-bond acceptors (Lipinski definition) is 5. The molecule has 0 unspecified atom stereocenters. The number of carbonyl (C=O) groups excluding carboxylic acids is 2. The van der Waals surface area contributed by atoms with Gasteiger partial charge in [-0.15, -0.1) is 0 Å². The highest BCUT2D eigenvalue weighted by molar-refractivity contribution is 6.33. The van der Waals surface area contributed by atoms with Crippen LogP contribution in [0.5, 0.6) is 0 Å². The number of primary amides is 1. The zero-order chi connectivity index (χ0) is 18.8. The number of anilines is 1. The average Bonchev–Trinajstić information content (AvgIpc) is 2.56. The lowest BCUT2D eigenvalue weighted by Crippen LogP contribution is -2.60. The van der Waals surface area contributed by atoms with Gasteiger partial charge in [0, 0.05) is 38.3 Å². The van der Waals surface area contributed by atoms with Gasteiger partial charge in [-0.25, -0.2) is 4.79 Å². The van der Waals surface area contributed by atoms with Gasteiger partial charge >= 0.3 is 6.03 Å². The molecule has 0 radical (unpaired) electrons. The maximum absolute atomic E-state index is 12.3. The van der Waals surface area contributed by atoms with E-state index in [1.54, 1.807) is 18.7 Å². The van der Waals surface area contributed by atoms with Crippen LogP contribution in [-0.2, 0) is 4.79 Å². The van der Waals surface area contributed by atoms with E-state index in [1.165, 1.54) is 18.2 Å². The highest BCUT2D eigenvalue weighted by Crippen LogP contribution is 2.27. The van der Waals surface area contributed by atoms with Gasteiger partial charge in [0.15, 0.2) is 0 Å². The predicted octanol–water partition coefficient (Wildman–Crippen LogP) is 1.66. The number of nitrogens with two attached hydrogens (primary N) is 1. The summed E-state index contributed by atoms with van der Waals surface area (Å²) in [5.74, 6) is -0.414. The lowest BCUT2D eigenvalue weighted by molar-refractivity contribution is -0.384. The van der Waals surface area contributed by atoms with Crippen molar-refractivity contribution in [1.82, 2.24) is 9.80 Å². The number of nitrogens with one attached hydrogen (secondary N) is 1. The van der Waals surface area contributed by atoms with Crippen LogP contribution in [0, 0.1) is 10.1 Å². The molecule has 0 bridgehead atoms. The summed E-state index contributed by atoms with van der Waals surface area (Å²) in [6, 6.07) is 3.50. The van der Waals surface area contributed by atoms with Gasteiger partial charge in [-0.3, -0.25) is 19.8 Å². The number of halogens is 1. The first-order chi connectivity index (χ1) is 11.6. The van der Waals surface area contributed by atoms with E-state index in [1.807, 2.05) is 4.90 Å². The van der Waals surface area contributed by atoms with Crippen molar-refractivity contribution < 1.29 is 14.5 Å². The molecule has 25 heavy (non-hydrogen) atoms. The highest BCUT2D eigenvalue weighted by Gasteiger charge is 2.35. The minimum atomic E-state index is -0.774. The zero-order valence-corrected chi connectivity index (χ0v) is 14.7. The normalized spacial score (nSPS) is 15.7. The monoisotopic (exact) mass is 369 g/mol. The summed E-state index contributed by atoms with van der Waals surface area (Å²) in [6.45, 7) is 5.37. The van der Waals surface area contributed by atoms with Crippen LogP contribution in [0.4, 0.5) is 16.2 Å². The Morgan fingerprint density at radius 2 is 1.88 bits per heavy atom. The maximum atomic E-state index is 12.3. The Balaban J connectivity index is 1.97. The van der Waals surface area contributed by atoms with Crippen molar-refractivity contribution >= 4 is 34.9 Å². The molecule has 1 fully saturated rings. The second kappa shape index (κ2) is 7.24. The lowest BCUT2D eigenvalue weighted by atomic mass is 10.0. The molecular weight excluding hydrogens is 350 g/mol. The standard InChI is InChI=1S/C15H20ClN5O4/c1-15(2,13(17)22)20-7-5-19(6-8-20)14(23)18-12-4-3-10(21(24)25)9-11(12)16/h3-4,9H,5-8H2,1-2H3,(H2,17,22)(H,18,23). The number of non-ortho nitro benzene ring substituents is 1. The van der Waals surface area contributed by atoms with Gasteiger partial charge in [0.05, 0.1) is 21.2 Å². The van der Waals surface area contributed by atoms with E-state index in [0.29, 0.717) is 31.9 Å². The van der Waals surface area contributed by atoms with Gasteiger partial charge in [-0.1, -0.05) is 11.6 Å². The van der Waals surface area contributed by atoms with Crippen LogP contribution in [0.2, 0.25) is 5.02 Å². The van der Waals surface area contributed by atoms with Crippen LogP contribution in [0.3, 0.4) is 0 Å². The highest BCUT2D eigenvalue weighted by atomic mass is 35.5. The third-order valence-corrected chi connectivity index (χ3v) is 4.68. The lowest BCUT2D eigenvalue weighted by Gasteiger charge is -2.42. The van der Waals surface area contributed by atoms with Crippen molar-refractivity contribution in [3.05, 3.63) is 33.3 Å². The Kier molecular flexibility index (Phi) is 5.48. The van der Waals surface area contributed by atoms with E-state index >= 15 is 0 Å². The second-order valence-corrected chi connectivity index (χ2v) is 6.66. The number of nitro benzene ring substituents is 1. The molecule has 3 N–H and O–H groups in total. The van der Waals surface area contributed by atoms with E-state index in [0.717, 1.165) is 0 Å². The van der Waals surface area contributed by atoms with Crippen LogP contribution in [0.15, 0.2) is 18.2 Å². The first-order valence-electron chi connectivity index (χ1n) is 7.67. The van der Waals surface area contributed by atoms with E-state index in [2.05, 4.69) is 5.32 Å². The van der Waals surface area contributed by atoms with Gasteiger partial charge in [0.25, 0.3) is 5.69 Å². The minimum absolute atomic E-state index is 0.0936. The molecule has 0 spiro atoms. The molecule has 1 saturated heterocycles. The molecule has 2 rings (SSSR count). The summed E-state index contributed by atoms with van der Waals surface area (Å²) in [6.07, 6.45) is 0. The molecule has 1 heterocycles. The van der Waals surface area contributed by atoms with E-state index in [4.69, 9.17) is 17.3 Å². The third kappa shape index (κ3) is 4.18. The van der Waals surface area contributed by atoms with Crippen LogP contribution in [0.25, 0.3) is 0 Å². The van der Waals surface area contributed by atoms with Crippen molar-refractivity contribution in [3.63, 3.8) is 0 Å². The van der Waals surface area contributed by atoms with Crippen LogP contribution in [-0.4, -0.2) is 58.4 Å². The largest absolute Gasteiger partial charge is 0.368 e. The van der Waals surface area contributed by atoms with Gasteiger partial charge < -0.3 is 16.0 Å². The summed E-state index contributed by atoms with van der Waals surface area (Å²) in [5, 5.41) is 13.4.